The molecule has 0 N–H and O–H groups in total. The molecule has 6 aliphatic carbocycles. The quantitative estimate of drug-likeness (QED) is 0.211. The van der Waals surface area contributed by atoms with Gasteiger partial charge in [0.25, 0.3) is 0 Å². The molecule has 0 aliphatic heterocycles. The lowest BCUT2D eigenvalue weighted by atomic mass is 9.33. The van der Waals surface area contributed by atoms with Crippen molar-refractivity contribution in [2.75, 3.05) is 27.2 Å². The van der Waals surface area contributed by atoms with Gasteiger partial charge in [-0.25, -0.2) is 0 Å². The van der Waals surface area contributed by atoms with Crippen molar-refractivity contribution in [1.29, 1.82) is 0 Å². The summed E-state index contributed by atoms with van der Waals surface area (Å²) in [6.45, 7) is 23.3. The minimum absolute atomic E-state index is 0.0173. The van der Waals surface area contributed by atoms with E-state index in [2.05, 4.69) is 117 Å². The molecule has 0 saturated heterocycles. The molecule has 0 heterocycles. The highest BCUT2D eigenvalue weighted by molar-refractivity contribution is 6.30. The van der Waals surface area contributed by atoms with Crippen molar-refractivity contribution >= 4 is 29.3 Å². The van der Waals surface area contributed by atoms with Gasteiger partial charge >= 0.3 is 5.97 Å². The van der Waals surface area contributed by atoms with Crippen molar-refractivity contribution < 1.29 is 19.1 Å². The summed E-state index contributed by atoms with van der Waals surface area (Å²) in [7, 11) is 4.12. The minimum Gasteiger partial charge on any atom is -0.462 e. The van der Waals surface area contributed by atoms with Crippen LogP contribution in [0.3, 0.4) is 0 Å². The fourth-order valence-electron chi connectivity index (χ4n) is 15.6. The standard InChI is InChI=1S/C55H77ClN2O4/c1-35(2)46-42(59)33-55(49(61)58(30-29-57(10)11)34-37-17-19-39(56)20-18-37)28-27-53(8)40(47(46)55)21-22-44-52(7)25-24-45(51(5,6)43(52)23-26-54(44,53)9)62-48(60)41-32-38(50(41,3)4)31-36-15-13-12-14-16-36/h12-20,35,38,40-41,43-45H,21-34H2,1-11H3/t38-,40-,41-,43+,44-,45+,52+,53-,54-,55-/m1/s1. The van der Waals surface area contributed by atoms with Gasteiger partial charge in [-0.05, 0) is 164 Å². The Morgan fingerprint density at radius 1 is 0.774 bits per heavy atom. The van der Waals surface area contributed by atoms with E-state index < -0.39 is 5.41 Å². The number of fused-ring (bicyclic) bond motifs is 7. The summed E-state index contributed by atoms with van der Waals surface area (Å²) < 4.78 is 6.70. The molecule has 338 valence electrons. The third-order valence-electron chi connectivity index (χ3n) is 19.5. The second-order valence-electron chi connectivity index (χ2n) is 23.7. The van der Waals surface area contributed by atoms with Gasteiger partial charge in [-0.1, -0.05) is 116 Å². The molecule has 0 unspecified atom stereocenters. The van der Waals surface area contributed by atoms with Gasteiger partial charge in [0.15, 0.2) is 5.78 Å². The second-order valence-corrected chi connectivity index (χ2v) is 24.2. The highest BCUT2D eigenvalue weighted by atomic mass is 35.5. The first-order chi connectivity index (χ1) is 29.1. The van der Waals surface area contributed by atoms with Crippen LogP contribution in [-0.4, -0.2) is 60.7 Å². The van der Waals surface area contributed by atoms with Crippen LogP contribution in [0.1, 0.15) is 138 Å². The number of Topliss-reactive ketones (excluding diaryl/α,β-unsaturated/α-hetero) is 1. The monoisotopic (exact) mass is 865 g/mol. The Kier molecular flexibility index (Phi) is 11.9. The molecule has 0 bridgehead atoms. The van der Waals surface area contributed by atoms with Crippen molar-refractivity contribution in [1.82, 2.24) is 9.80 Å². The van der Waals surface area contributed by atoms with Crippen molar-refractivity contribution in [3.63, 3.8) is 0 Å². The maximum atomic E-state index is 15.5. The number of carbonyl (C=O) groups excluding carboxylic acids is 3. The zero-order valence-electron chi connectivity index (χ0n) is 40.0. The highest BCUT2D eigenvalue weighted by Crippen LogP contribution is 2.77. The van der Waals surface area contributed by atoms with Gasteiger partial charge in [0, 0.05) is 36.5 Å². The fourth-order valence-corrected chi connectivity index (χ4v) is 15.8. The summed E-state index contributed by atoms with van der Waals surface area (Å²) in [6.07, 6.45) is 10.1. The van der Waals surface area contributed by atoms with E-state index in [1.807, 2.05) is 24.3 Å². The predicted octanol–water partition coefficient (Wildman–Crippen LogP) is 12.0. The minimum atomic E-state index is -0.787. The normalized spacial score (nSPS) is 36.9. The molecule has 1 amide bonds. The first kappa shape index (κ1) is 45.6. The molecule has 2 aromatic carbocycles. The predicted molar refractivity (Wildman–Crippen MR) is 250 cm³/mol. The van der Waals surface area contributed by atoms with Gasteiger partial charge in [-0.3, -0.25) is 14.4 Å². The molecule has 5 fully saturated rings. The van der Waals surface area contributed by atoms with E-state index >= 15 is 4.79 Å². The number of esters is 1. The van der Waals surface area contributed by atoms with Crippen LogP contribution in [0.25, 0.3) is 0 Å². The summed E-state index contributed by atoms with van der Waals surface area (Å²) in [6, 6.07) is 18.6. The number of carbonyl (C=O) groups is 3. The summed E-state index contributed by atoms with van der Waals surface area (Å²) >= 11 is 6.29. The number of ketones is 1. The van der Waals surface area contributed by atoms with Gasteiger partial charge in [0.2, 0.25) is 5.91 Å². The second kappa shape index (κ2) is 16.2. The average Bonchev–Trinajstić information content (AvgIpc) is 3.53. The van der Waals surface area contributed by atoms with Gasteiger partial charge in [-0.15, -0.1) is 0 Å². The van der Waals surface area contributed by atoms with Crippen LogP contribution in [0, 0.1) is 68.0 Å². The number of allylic oxidation sites excluding steroid dienone is 1. The summed E-state index contributed by atoms with van der Waals surface area (Å²) in [5.41, 5.74) is 3.68. The van der Waals surface area contributed by atoms with Crippen LogP contribution in [-0.2, 0) is 32.1 Å². The molecule has 0 radical (unpaired) electrons. The van der Waals surface area contributed by atoms with Gasteiger partial charge < -0.3 is 14.5 Å². The first-order valence-corrected chi connectivity index (χ1v) is 24.7. The van der Waals surface area contributed by atoms with Crippen LogP contribution in [0.4, 0.5) is 0 Å². The lowest BCUT2D eigenvalue weighted by Crippen LogP contribution is -2.66. The Morgan fingerprint density at radius 3 is 2.11 bits per heavy atom. The zero-order chi connectivity index (χ0) is 44.8. The summed E-state index contributed by atoms with van der Waals surface area (Å²) in [5.74, 6) is 2.00. The van der Waals surface area contributed by atoms with E-state index in [1.54, 1.807) is 0 Å². The Hall–Kier alpha value is -2.96. The molecule has 6 nitrogen and oxygen atoms in total. The smallest absolute Gasteiger partial charge is 0.309 e. The van der Waals surface area contributed by atoms with E-state index in [9.17, 15) is 9.59 Å². The lowest BCUT2D eigenvalue weighted by Gasteiger charge is -2.72. The molecule has 2 aromatic rings. The van der Waals surface area contributed by atoms with E-state index in [1.165, 1.54) is 11.1 Å². The molecule has 10 atom stereocenters. The Labute approximate surface area is 379 Å². The molecule has 5 saturated carbocycles. The molecular weight excluding hydrogens is 788 g/mol. The third-order valence-corrected chi connectivity index (χ3v) is 19.8. The first-order valence-electron chi connectivity index (χ1n) is 24.3. The number of rotatable bonds is 11. The number of benzene rings is 2. The van der Waals surface area contributed by atoms with Crippen molar-refractivity contribution in [2.24, 2.45) is 68.0 Å². The number of halogens is 1. The van der Waals surface area contributed by atoms with Crippen LogP contribution in [0.2, 0.25) is 5.02 Å². The highest BCUT2D eigenvalue weighted by Gasteiger charge is 2.71. The topological polar surface area (TPSA) is 66.9 Å². The molecule has 62 heavy (non-hydrogen) atoms. The van der Waals surface area contributed by atoms with E-state index in [-0.39, 0.29) is 68.6 Å². The van der Waals surface area contributed by atoms with Crippen LogP contribution < -0.4 is 0 Å². The number of hydrogen-bond donors (Lipinski definition) is 0. The van der Waals surface area contributed by atoms with Gasteiger partial charge in [0.05, 0.1) is 11.3 Å². The maximum Gasteiger partial charge on any atom is 0.309 e. The lowest BCUT2D eigenvalue weighted by molar-refractivity contribution is -0.236. The summed E-state index contributed by atoms with van der Waals surface area (Å²) in [5, 5.41) is 0.686. The van der Waals surface area contributed by atoms with Crippen LogP contribution in [0.15, 0.2) is 65.7 Å². The fraction of sp³-hybridized carbons (Fsp3) is 0.691. The molecular formula is C55H77ClN2O4. The SMILES string of the molecule is CC(C)C1=C2[C@H]3CC[C@@H]4[C@@]5(C)CC[C@H](OC(=O)[C@H]6C[C@@H](Cc7ccccc7)C6(C)C)C(C)(C)[C@@H]5CC[C@@]4(C)[C@]3(C)CC[C@@]2(C(=O)N(CCN(C)C)Cc2ccc(Cl)cc2)CC1=O. The van der Waals surface area contributed by atoms with Crippen LogP contribution in [0.5, 0.6) is 0 Å². The number of likely N-dealkylation sites (N-methyl/N-ethyl adjacent to an activating group) is 1. The number of ether oxygens (including phenoxy) is 1. The largest absolute Gasteiger partial charge is 0.462 e. The average molecular weight is 866 g/mol. The van der Waals surface area contributed by atoms with Crippen molar-refractivity contribution in [2.45, 2.75) is 146 Å². The molecule has 7 heteroatoms. The van der Waals surface area contributed by atoms with Gasteiger partial charge in [0.1, 0.15) is 6.10 Å². The zero-order valence-corrected chi connectivity index (χ0v) is 40.8. The molecule has 6 aliphatic rings. The Balaban J connectivity index is 1.04. The number of nitrogens with zero attached hydrogens (tertiary/aromatic N) is 2. The third kappa shape index (κ3) is 7.17. The Morgan fingerprint density at radius 2 is 1.47 bits per heavy atom. The molecule has 0 aromatic heterocycles. The maximum absolute atomic E-state index is 15.5. The van der Waals surface area contributed by atoms with Crippen molar-refractivity contribution in [3.05, 3.63) is 81.9 Å². The van der Waals surface area contributed by atoms with Crippen molar-refractivity contribution in [3.8, 4) is 0 Å². The van der Waals surface area contributed by atoms with Gasteiger partial charge in [-0.2, -0.15) is 0 Å². The van der Waals surface area contributed by atoms with E-state index in [4.69, 9.17) is 16.3 Å². The van der Waals surface area contributed by atoms with E-state index in [0.717, 1.165) is 81.9 Å². The van der Waals surface area contributed by atoms with E-state index in [0.29, 0.717) is 42.3 Å². The molecule has 0 spiro atoms. The van der Waals surface area contributed by atoms with Crippen LogP contribution >= 0.6 is 11.6 Å². The number of amides is 1. The number of hydrogen-bond acceptors (Lipinski definition) is 5. The molecule has 8 rings (SSSR count). The summed E-state index contributed by atoms with van der Waals surface area (Å²) in [4.78, 5) is 48.3. The Bertz CT molecular complexity index is 2070.